The van der Waals surface area contributed by atoms with Gasteiger partial charge in [0.2, 0.25) is 0 Å². The summed E-state index contributed by atoms with van der Waals surface area (Å²) in [7, 11) is 1.80. The number of aliphatic imine (C=N–C) groups is 1. The molecule has 0 unspecified atom stereocenters. The van der Waals surface area contributed by atoms with Gasteiger partial charge in [0, 0.05) is 24.5 Å². The second-order valence-electron chi connectivity index (χ2n) is 5.88. The number of aromatic nitrogens is 1. The topological polar surface area (TPSA) is 49.3 Å². The molecule has 0 aliphatic rings. The van der Waals surface area contributed by atoms with Gasteiger partial charge >= 0.3 is 0 Å². The molecule has 2 N–H and O–H groups in total. The van der Waals surface area contributed by atoms with E-state index in [1.165, 1.54) is 6.42 Å². The molecule has 0 spiro atoms. The standard InChI is InChI=1S/C18H26N4S.HI/c1-14(2)8-7-11-20-18(19-3)21-12-17-22-16(13-23-17)15-9-5-4-6-10-15;/h4-6,9-10,13-14H,7-8,11-12H2,1-3H3,(H2,19,20,21);1H. The number of thiazole rings is 1. The van der Waals surface area contributed by atoms with Crippen LogP contribution in [0.5, 0.6) is 0 Å². The van der Waals surface area contributed by atoms with Crippen LogP contribution in [0, 0.1) is 5.92 Å². The molecular weight excluding hydrogens is 431 g/mol. The number of hydrogen-bond acceptors (Lipinski definition) is 3. The number of benzene rings is 1. The second-order valence-corrected chi connectivity index (χ2v) is 6.82. The number of nitrogens with one attached hydrogen (secondary N) is 2. The fraction of sp³-hybridized carbons (Fsp3) is 0.444. The molecule has 1 aromatic carbocycles. The van der Waals surface area contributed by atoms with E-state index in [4.69, 9.17) is 0 Å². The maximum atomic E-state index is 4.68. The van der Waals surface area contributed by atoms with Crippen LogP contribution in [0.1, 0.15) is 31.7 Å². The number of nitrogens with zero attached hydrogens (tertiary/aromatic N) is 2. The normalized spacial score (nSPS) is 11.2. The van der Waals surface area contributed by atoms with Crippen molar-refractivity contribution < 1.29 is 0 Å². The zero-order valence-corrected chi connectivity index (χ0v) is 17.7. The zero-order valence-electron chi connectivity index (χ0n) is 14.6. The van der Waals surface area contributed by atoms with Gasteiger partial charge in [0.15, 0.2) is 5.96 Å². The van der Waals surface area contributed by atoms with E-state index >= 15 is 0 Å². The van der Waals surface area contributed by atoms with E-state index in [1.807, 2.05) is 18.2 Å². The Kier molecular flexibility index (Phi) is 9.94. The monoisotopic (exact) mass is 458 g/mol. The van der Waals surface area contributed by atoms with E-state index in [-0.39, 0.29) is 24.0 Å². The SMILES string of the molecule is CN=C(NCCCC(C)C)NCc1nc(-c2ccccc2)cs1.I. The summed E-state index contributed by atoms with van der Waals surface area (Å²) in [6.07, 6.45) is 2.39. The van der Waals surface area contributed by atoms with E-state index in [0.717, 1.165) is 41.1 Å². The van der Waals surface area contributed by atoms with Crippen LogP contribution in [-0.2, 0) is 6.54 Å². The molecule has 0 bridgehead atoms. The first-order valence-electron chi connectivity index (χ1n) is 8.13. The Balaban J connectivity index is 0.00000288. The summed E-state index contributed by atoms with van der Waals surface area (Å²) in [4.78, 5) is 8.94. The predicted molar refractivity (Wildman–Crippen MR) is 115 cm³/mol. The van der Waals surface area contributed by atoms with E-state index < -0.39 is 0 Å². The van der Waals surface area contributed by atoms with Crippen LogP contribution in [0.3, 0.4) is 0 Å². The number of rotatable bonds is 7. The van der Waals surface area contributed by atoms with Crippen LogP contribution in [0.15, 0.2) is 40.7 Å². The van der Waals surface area contributed by atoms with Crippen LogP contribution in [0.4, 0.5) is 0 Å². The second kappa shape index (κ2) is 11.4. The molecule has 0 radical (unpaired) electrons. The van der Waals surface area contributed by atoms with Crippen molar-refractivity contribution in [3.63, 3.8) is 0 Å². The predicted octanol–water partition coefficient (Wildman–Crippen LogP) is 4.53. The Morgan fingerprint density at radius 1 is 1.21 bits per heavy atom. The summed E-state index contributed by atoms with van der Waals surface area (Å²) in [6.45, 7) is 6.14. The van der Waals surface area contributed by atoms with E-state index in [9.17, 15) is 0 Å². The maximum absolute atomic E-state index is 4.68. The van der Waals surface area contributed by atoms with Crippen molar-refractivity contribution in [2.45, 2.75) is 33.2 Å². The highest BCUT2D eigenvalue weighted by Gasteiger charge is 2.05. The third kappa shape index (κ3) is 7.17. The van der Waals surface area contributed by atoms with Crippen molar-refractivity contribution in [1.29, 1.82) is 0 Å². The van der Waals surface area contributed by atoms with E-state index in [1.54, 1.807) is 18.4 Å². The Bertz CT molecular complexity index is 610. The lowest BCUT2D eigenvalue weighted by atomic mass is 10.1. The molecule has 132 valence electrons. The minimum atomic E-state index is 0. The summed E-state index contributed by atoms with van der Waals surface area (Å²) in [5.41, 5.74) is 2.19. The van der Waals surface area contributed by atoms with Gasteiger partial charge in [0.25, 0.3) is 0 Å². The van der Waals surface area contributed by atoms with Crippen molar-refractivity contribution in [2.24, 2.45) is 10.9 Å². The van der Waals surface area contributed by atoms with E-state index in [2.05, 4.69) is 52.0 Å². The minimum Gasteiger partial charge on any atom is -0.356 e. The number of halogens is 1. The van der Waals surface area contributed by atoms with Gasteiger partial charge in [-0.2, -0.15) is 0 Å². The zero-order chi connectivity index (χ0) is 16.5. The van der Waals surface area contributed by atoms with Gasteiger partial charge in [0.05, 0.1) is 12.2 Å². The highest BCUT2D eigenvalue weighted by molar-refractivity contribution is 14.0. The molecule has 0 aliphatic heterocycles. The molecule has 0 fully saturated rings. The summed E-state index contributed by atoms with van der Waals surface area (Å²) in [5.74, 6) is 1.59. The molecule has 0 saturated carbocycles. The van der Waals surface area contributed by atoms with Crippen molar-refractivity contribution in [3.8, 4) is 11.3 Å². The third-order valence-corrected chi connectivity index (χ3v) is 4.35. The van der Waals surface area contributed by atoms with Gasteiger partial charge in [-0.25, -0.2) is 4.98 Å². The molecular formula is C18H27IN4S. The molecule has 1 aromatic heterocycles. The summed E-state index contributed by atoms with van der Waals surface area (Å²) in [5, 5.41) is 9.84. The average Bonchev–Trinajstić information content (AvgIpc) is 3.04. The maximum Gasteiger partial charge on any atom is 0.191 e. The van der Waals surface area contributed by atoms with Crippen LogP contribution in [-0.4, -0.2) is 24.5 Å². The molecule has 0 atom stereocenters. The Morgan fingerprint density at radius 3 is 2.62 bits per heavy atom. The number of hydrogen-bond donors (Lipinski definition) is 2. The lowest BCUT2D eigenvalue weighted by molar-refractivity contribution is 0.549. The first-order chi connectivity index (χ1) is 11.2. The van der Waals surface area contributed by atoms with E-state index in [0.29, 0.717) is 6.54 Å². The molecule has 0 aliphatic carbocycles. The van der Waals surface area contributed by atoms with Crippen LogP contribution in [0.25, 0.3) is 11.3 Å². The lowest BCUT2D eigenvalue weighted by Crippen LogP contribution is -2.37. The average molecular weight is 458 g/mol. The lowest BCUT2D eigenvalue weighted by Gasteiger charge is -2.11. The van der Waals surface area contributed by atoms with Gasteiger partial charge in [-0.1, -0.05) is 44.2 Å². The molecule has 2 aromatic rings. The van der Waals surface area contributed by atoms with Crippen LogP contribution < -0.4 is 10.6 Å². The summed E-state index contributed by atoms with van der Waals surface area (Å²) >= 11 is 1.67. The fourth-order valence-electron chi connectivity index (χ4n) is 2.23. The molecule has 0 amide bonds. The Hall–Kier alpha value is -1.15. The van der Waals surface area contributed by atoms with Crippen molar-refractivity contribution >= 4 is 41.3 Å². The van der Waals surface area contributed by atoms with Crippen molar-refractivity contribution in [2.75, 3.05) is 13.6 Å². The quantitative estimate of drug-likeness (QED) is 0.278. The smallest absolute Gasteiger partial charge is 0.191 e. The Labute approximate surface area is 166 Å². The molecule has 0 saturated heterocycles. The first kappa shape index (κ1) is 20.9. The summed E-state index contributed by atoms with van der Waals surface area (Å²) in [6, 6.07) is 10.3. The van der Waals surface area contributed by atoms with Gasteiger partial charge in [-0.3, -0.25) is 4.99 Å². The first-order valence-corrected chi connectivity index (χ1v) is 9.01. The fourth-order valence-corrected chi connectivity index (χ4v) is 2.97. The van der Waals surface area contributed by atoms with Crippen LogP contribution >= 0.6 is 35.3 Å². The minimum absolute atomic E-state index is 0. The van der Waals surface area contributed by atoms with Gasteiger partial charge in [-0.15, -0.1) is 35.3 Å². The van der Waals surface area contributed by atoms with Gasteiger partial charge in [0.1, 0.15) is 5.01 Å². The molecule has 24 heavy (non-hydrogen) atoms. The highest BCUT2D eigenvalue weighted by atomic mass is 127. The summed E-state index contributed by atoms with van der Waals surface area (Å²) < 4.78 is 0. The molecule has 6 heteroatoms. The third-order valence-electron chi connectivity index (χ3n) is 3.50. The van der Waals surface area contributed by atoms with Gasteiger partial charge in [-0.05, 0) is 18.8 Å². The molecule has 4 nitrogen and oxygen atoms in total. The van der Waals surface area contributed by atoms with Crippen molar-refractivity contribution in [1.82, 2.24) is 15.6 Å². The highest BCUT2D eigenvalue weighted by Crippen LogP contribution is 2.21. The number of guanidine groups is 1. The van der Waals surface area contributed by atoms with Gasteiger partial charge < -0.3 is 10.6 Å². The Morgan fingerprint density at radius 2 is 1.96 bits per heavy atom. The largest absolute Gasteiger partial charge is 0.356 e. The van der Waals surface area contributed by atoms with Crippen LogP contribution in [0.2, 0.25) is 0 Å². The molecule has 2 rings (SSSR count). The molecule has 1 heterocycles. The van der Waals surface area contributed by atoms with Crippen molar-refractivity contribution in [3.05, 3.63) is 40.7 Å².